The third-order valence-corrected chi connectivity index (χ3v) is 4.14. The molecule has 0 unspecified atom stereocenters. The van der Waals surface area contributed by atoms with Crippen molar-refractivity contribution >= 4 is 43.2 Å². The van der Waals surface area contributed by atoms with Gasteiger partial charge < -0.3 is 4.57 Å². The van der Waals surface area contributed by atoms with Crippen LogP contribution in [0.2, 0.25) is 0 Å². The number of aromatic nitrogens is 3. The summed E-state index contributed by atoms with van der Waals surface area (Å²) in [5.74, 6) is 0.907. The van der Waals surface area contributed by atoms with E-state index in [2.05, 4.69) is 48.4 Å². The molecule has 3 nitrogen and oxygen atoms in total. The lowest BCUT2D eigenvalue weighted by atomic mass is 10.5. The van der Waals surface area contributed by atoms with Crippen LogP contribution in [0.5, 0.6) is 0 Å². The molecule has 2 heterocycles. The number of imidazole rings is 1. The molecule has 0 atom stereocenters. The molecule has 0 saturated heterocycles. The molecule has 0 aliphatic heterocycles. The van der Waals surface area contributed by atoms with E-state index in [0.717, 1.165) is 25.8 Å². The summed E-state index contributed by atoms with van der Waals surface area (Å²) >= 11 is 8.32. The van der Waals surface area contributed by atoms with E-state index in [-0.39, 0.29) is 0 Å². The van der Waals surface area contributed by atoms with Crippen LogP contribution in [0, 0.1) is 0 Å². The summed E-state index contributed by atoms with van der Waals surface area (Å²) in [6, 6.07) is 0. The number of nitrogens with zero attached hydrogens (tertiary/aromatic N) is 3. The van der Waals surface area contributed by atoms with Crippen LogP contribution in [-0.2, 0) is 6.54 Å². The first-order chi connectivity index (χ1) is 7.22. The van der Waals surface area contributed by atoms with E-state index >= 15 is 0 Å². The lowest BCUT2D eigenvalue weighted by molar-refractivity contribution is 0.833. The number of halogens is 2. The second-order valence-corrected chi connectivity index (χ2v) is 5.80. The van der Waals surface area contributed by atoms with Gasteiger partial charge in [-0.2, -0.15) is 0 Å². The summed E-state index contributed by atoms with van der Waals surface area (Å²) < 4.78 is 3.69. The van der Waals surface area contributed by atoms with Gasteiger partial charge in [-0.1, -0.05) is 6.08 Å². The average molecular weight is 349 g/mol. The smallest absolute Gasteiger partial charge is 0.161 e. The van der Waals surface area contributed by atoms with Crippen LogP contribution in [0.1, 0.15) is 0 Å². The Morgan fingerprint density at radius 2 is 2.33 bits per heavy atom. The highest BCUT2D eigenvalue weighted by molar-refractivity contribution is 9.11. The molecule has 2 aromatic heterocycles. The minimum Gasteiger partial charge on any atom is -0.326 e. The van der Waals surface area contributed by atoms with E-state index in [4.69, 9.17) is 0 Å². The molecule has 0 bridgehead atoms. The van der Waals surface area contributed by atoms with Gasteiger partial charge in [0.05, 0.1) is 0 Å². The SMILES string of the molecule is C=CCn1ccnc1-c1sc(Br)nc1Br. The highest BCUT2D eigenvalue weighted by atomic mass is 79.9. The van der Waals surface area contributed by atoms with Gasteiger partial charge in [-0.25, -0.2) is 9.97 Å². The largest absolute Gasteiger partial charge is 0.326 e. The van der Waals surface area contributed by atoms with Gasteiger partial charge in [-0.15, -0.1) is 17.9 Å². The Kier molecular flexibility index (Phi) is 3.38. The summed E-state index contributed by atoms with van der Waals surface area (Å²) in [4.78, 5) is 9.58. The van der Waals surface area contributed by atoms with Crippen molar-refractivity contribution in [2.45, 2.75) is 6.54 Å². The van der Waals surface area contributed by atoms with E-state index in [1.165, 1.54) is 0 Å². The molecular formula is C9H7Br2N3S. The van der Waals surface area contributed by atoms with Gasteiger partial charge in [-0.05, 0) is 31.9 Å². The van der Waals surface area contributed by atoms with Crippen molar-refractivity contribution < 1.29 is 0 Å². The first kappa shape index (κ1) is 11.0. The third kappa shape index (κ3) is 2.21. The van der Waals surface area contributed by atoms with Crippen LogP contribution in [0.25, 0.3) is 10.7 Å². The highest BCUT2D eigenvalue weighted by Crippen LogP contribution is 2.35. The first-order valence-electron chi connectivity index (χ1n) is 4.16. The van der Waals surface area contributed by atoms with Crippen molar-refractivity contribution in [2.24, 2.45) is 0 Å². The predicted octanol–water partition coefficient (Wildman–Crippen LogP) is 3.72. The second kappa shape index (κ2) is 4.59. The van der Waals surface area contributed by atoms with Gasteiger partial charge in [0.1, 0.15) is 9.48 Å². The topological polar surface area (TPSA) is 30.7 Å². The van der Waals surface area contributed by atoms with Crippen molar-refractivity contribution in [1.29, 1.82) is 0 Å². The Morgan fingerprint density at radius 3 is 2.93 bits per heavy atom. The molecule has 0 fully saturated rings. The van der Waals surface area contributed by atoms with E-state index in [1.54, 1.807) is 17.5 Å². The molecule has 0 radical (unpaired) electrons. The fourth-order valence-electron chi connectivity index (χ4n) is 1.22. The molecule has 0 aliphatic rings. The van der Waals surface area contributed by atoms with Crippen molar-refractivity contribution in [3.63, 3.8) is 0 Å². The Morgan fingerprint density at radius 1 is 1.53 bits per heavy atom. The molecule has 0 saturated carbocycles. The molecular weight excluding hydrogens is 342 g/mol. The van der Waals surface area contributed by atoms with E-state index in [1.807, 2.05) is 16.8 Å². The van der Waals surface area contributed by atoms with Crippen LogP contribution in [0.3, 0.4) is 0 Å². The lowest BCUT2D eigenvalue weighted by Crippen LogP contribution is -1.95. The summed E-state index contributed by atoms with van der Waals surface area (Å²) in [5.41, 5.74) is 0. The van der Waals surface area contributed by atoms with E-state index in [0.29, 0.717) is 0 Å². The van der Waals surface area contributed by atoms with Crippen molar-refractivity contribution in [3.8, 4) is 10.7 Å². The molecule has 0 aliphatic carbocycles. The maximum atomic E-state index is 4.31. The summed E-state index contributed by atoms with van der Waals surface area (Å²) in [7, 11) is 0. The summed E-state index contributed by atoms with van der Waals surface area (Å²) in [6.07, 6.45) is 5.55. The third-order valence-electron chi connectivity index (χ3n) is 1.80. The normalized spacial score (nSPS) is 10.5. The van der Waals surface area contributed by atoms with Crippen LogP contribution in [0.15, 0.2) is 33.6 Å². The fraction of sp³-hybridized carbons (Fsp3) is 0.111. The van der Waals surface area contributed by atoms with Crippen molar-refractivity contribution in [1.82, 2.24) is 14.5 Å². The quantitative estimate of drug-likeness (QED) is 0.791. The molecule has 2 aromatic rings. The second-order valence-electron chi connectivity index (χ2n) is 2.78. The highest BCUT2D eigenvalue weighted by Gasteiger charge is 2.13. The molecule has 2 rings (SSSR count). The lowest BCUT2D eigenvalue weighted by Gasteiger charge is -2.01. The van der Waals surface area contributed by atoms with Gasteiger partial charge in [0.2, 0.25) is 0 Å². The number of allylic oxidation sites excluding steroid dienone is 1. The zero-order chi connectivity index (χ0) is 10.8. The maximum Gasteiger partial charge on any atom is 0.161 e. The minimum absolute atomic E-state index is 0.747. The molecule has 0 N–H and O–H groups in total. The van der Waals surface area contributed by atoms with Crippen LogP contribution in [0.4, 0.5) is 0 Å². The molecule has 15 heavy (non-hydrogen) atoms. The van der Waals surface area contributed by atoms with Crippen molar-refractivity contribution in [3.05, 3.63) is 33.6 Å². The molecule has 0 amide bonds. The van der Waals surface area contributed by atoms with Crippen LogP contribution >= 0.6 is 43.2 Å². The molecule has 78 valence electrons. The zero-order valence-electron chi connectivity index (χ0n) is 7.65. The predicted molar refractivity (Wildman–Crippen MR) is 68.9 cm³/mol. The summed E-state index contributed by atoms with van der Waals surface area (Å²) in [6.45, 7) is 4.46. The van der Waals surface area contributed by atoms with Crippen LogP contribution < -0.4 is 0 Å². The summed E-state index contributed by atoms with van der Waals surface area (Å²) in [5, 5.41) is 0. The van der Waals surface area contributed by atoms with Gasteiger partial charge >= 0.3 is 0 Å². The van der Waals surface area contributed by atoms with Gasteiger partial charge in [0, 0.05) is 18.9 Å². The maximum absolute atomic E-state index is 4.31. The number of hydrogen-bond donors (Lipinski definition) is 0. The standard InChI is InChI=1S/C9H7Br2N3S/c1-2-4-14-5-3-12-8(14)6-7(10)13-9(11)15-6/h2-3,5H,1,4H2. The van der Waals surface area contributed by atoms with E-state index in [9.17, 15) is 0 Å². The minimum atomic E-state index is 0.747. The van der Waals surface area contributed by atoms with Gasteiger partial charge in [0.15, 0.2) is 9.74 Å². The van der Waals surface area contributed by atoms with Crippen LogP contribution in [-0.4, -0.2) is 14.5 Å². The Bertz CT molecular complexity index is 489. The number of hydrogen-bond acceptors (Lipinski definition) is 3. The Balaban J connectivity index is 2.48. The van der Waals surface area contributed by atoms with Crippen molar-refractivity contribution in [2.75, 3.05) is 0 Å². The fourth-order valence-corrected chi connectivity index (χ4v) is 3.53. The Labute approximate surface area is 108 Å². The zero-order valence-corrected chi connectivity index (χ0v) is 11.6. The average Bonchev–Trinajstić information content (AvgIpc) is 2.73. The van der Waals surface area contributed by atoms with Gasteiger partial charge in [0.25, 0.3) is 0 Å². The monoisotopic (exact) mass is 347 g/mol. The van der Waals surface area contributed by atoms with Gasteiger partial charge in [-0.3, -0.25) is 0 Å². The first-order valence-corrected chi connectivity index (χ1v) is 6.57. The van der Waals surface area contributed by atoms with E-state index < -0.39 is 0 Å². The number of rotatable bonds is 3. The molecule has 0 aromatic carbocycles. The Hall–Kier alpha value is -0.460. The molecule has 0 spiro atoms. The molecule has 6 heteroatoms. The number of thiazole rings is 1.